The predicted molar refractivity (Wildman–Crippen MR) is 158 cm³/mol. The number of fused-ring (bicyclic) bond motifs is 1. The molecule has 0 saturated carbocycles. The van der Waals surface area contributed by atoms with E-state index in [1.807, 2.05) is 48.5 Å². The number of aromatic amines is 1. The minimum Gasteiger partial charge on any atom is -0.366 e. The van der Waals surface area contributed by atoms with Gasteiger partial charge in [0.1, 0.15) is 6.04 Å². The number of benzene rings is 3. The van der Waals surface area contributed by atoms with E-state index >= 15 is 0 Å². The SMILES string of the molecule is CS(=O)(=O)Nc1ccccc1N1CCN(C(=O)[C@@H](Cc2ccc(Cl)cc2)NC(=O)c2c[nH]c3ccccc23)CC1. The molecule has 0 aliphatic carbocycles. The number of nitrogens with zero attached hydrogens (tertiary/aromatic N) is 2. The van der Waals surface area contributed by atoms with Gasteiger partial charge in [-0.2, -0.15) is 0 Å². The number of hydrogen-bond donors (Lipinski definition) is 3. The lowest BCUT2D eigenvalue weighted by atomic mass is 10.0. The molecule has 11 heteroatoms. The summed E-state index contributed by atoms with van der Waals surface area (Å²) < 4.78 is 26.2. The van der Waals surface area contributed by atoms with Gasteiger partial charge in [0.2, 0.25) is 15.9 Å². The molecule has 4 aromatic rings. The maximum atomic E-state index is 13.8. The molecule has 0 spiro atoms. The van der Waals surface area contributed by atoms with Gasteiger partial charge in [-0.3, -0.25) is 14.3 Å². The van der Waals surface area contributed by atoms with Gasteiger partial charge in [0.25, 0.3) is 5.91 Å². The smallest absolute Gasteiger partial charge is 0.254 e. The molecule has 1 atom stereocenters. The molecular weight excluding hydrogens is 550 g/mol. The fraction of sp³-hybridized carbons (Fsp3) is 0.241. The second-order valence-corrected chi connectivity index (χ2v) is 12.0. The summed E-state index contributed by atoms with van der Waals surface area (Å²) >= 11 is 6.06. The van der Waals surface area contributed by atoms with E-state index in [9.17, 15) is 18.0 Å². The number of aromatic nitrogens is 1. The van der Waals surface area contributed by atoms with Crippen LogP contribution in [0.25, 0.3) is 10.9 Å². The first-order chi connectivity index (χ1) is 19.2. The Morgan fingerprint density at radius 3 is 2.35 bits per heavy atom. The highest BCUT2D eigenvalue weighted by molar-refractivity contribution is 7.92. The van der Waals surface area contributed by atoms with Crippen molar-refractivity contribution in [2.75, 3.05) is 42.1 Å². The number of carbonyl (C=O) groups excluding carboxylic acids is 2. The zero-order valence-electron chi connectivity index (χ0n) is 21.9. The van der Waals surface area contributed by atoms with Gasteiger partial charge in [-0.1, -0.05) is 54.1 Å². The number of amides is 2. The number of H-pyrrole nitrogens is 1. The third-order valence-corrected chi connectivity index (χ3v) is 7.76. The molecule has 3 N–H and O–H groups in total. The van der Waals surface area contributed by atoms with Crippen molar-refractivity contribution >= 4 is 55.7 Å². The summed E-state index contributed by atoms with van der Waals surface area (Å²) in [6.45, 7) is 1.87. The maximum absolute atomic E-state index is 13.8. The van der Waals surface area contributed by atoms with E-state index in [2.05, 4.69) is 19.9 Å². The number of nitrogens with one attached hydrogen (secondary N) is 3. The zero-order valence-corrected chi connectivity index (χ0v) is 23.5. The van der Waals surface area contributed by atoms with Gasteiger partial charge in [0.05, 0.1) is 23.2 Å². The Morgan fingerprint density at radius 1 is 0.950 bits per heavy atom. The van der Waals surface area contributed by atoms with Crippen LogP contribution in [0.2, 0.25) is 5.02 Å². The van der Waals surface area contributed by atoms with Gasteiger partial charge in [-0.25, -0.2) is 8.42 Å². The van der Waals surface area contributed by atoms with Crippen molar-refractivity contribution in [2.24, 2.45) is 0 Å². The van der Waals surface area contributed by atoms with E-state index < -0.39 is 16.1 Å². The summed E-state index contributed by atoms with van der Waals surface area (Å²) in [6, 6.07) is 21.2. The fourth-order valence-corrected chi connectivity index (χ4v) is 5.67. The van der Waals surface area contributed by atoms with Crippen LogP contribution in [-0.4, -0.2) is 68.6 Å². The van der Waals surface area contributed by atoms with Gasteiger partial charge in [-0.15, -0.1) is 0 Å². The average molecular weight is 580 g/mol. The van der Waals surface area contributed by atoms with Crippen molar-refractivity contribution in [1.82, 2.24) is 15.2 Å². The number of rotatable bonds is 8. The van der Waals surface area contributed by atoms with Crippen LogP contribution in [0.15, 0.2) is 79.0 Å². The standard InChI is InChI=1S/C29H30ClN5O4S/c1-40(38,39)33-25-8-4-5-9-27(25)34-14-16-35(17-15-34)29(37)26(18-20-10-12-21(30)13-11-20)32-28(36)23-19-31-24-7-3-2-6-22(23)24/h2-13,19,26,31,33H,14-18H2,1H3,(H,32,36)/t26-/m1/s1. The second-order valence-electron chi connectivity index (χ2n) is 9.81. The van der Waals surface area contributed by atoms with Crippen molar-refractivity contribution in [3.8, 4) is 0 Å². The summed E-state index contributed by atoms with van der Waals surface area (Å²) in [5, 5.41) is 4.35. The average Bonchev–Trinajstić information content (AvgIpc) is 3.37. The number of carbonyl (C=O) groups is 2. The lowest BCUT2D eigenvalue weighted by Crippen LogP contribution is -2.55. The normalized spacial score (nSPS) is 14.7. The summed E-state index contributed by atoms with van der Waals surface area (Å²) in [4.78, 5) is 34.1. The van der Waals surface area contributed by atoms with Gasteiger partial charge in [0.15, 0.2) is 0 Å². The van der Waals surface area contributed by atoms with E-state index in [0.29, 0.717) is 48.9 Å². The second kappa shape index (κ2) is 11.6. The summed E-state index contributed by atoms with van der Waals surface area (Å²) in [5.41, 5.74) is 3.45. The molecule has 1 aromatic heterocycles. The Hall–Kier alpha value is -4.02. The first-order valence-electron chi connectivity index (χ1n) is 12.9. The Kier molecular flexibility index (Phi) is 7.99. The van der Waals surface area contributed by atoms with Crippen LogP contribution in [0.1, 0.15) is 15.9 Å². The maximum Gasteiger partial charge on any atom is 0.254 e. The summed E-state index contributed by atoms with van der Waals surface area (Å²) in [7, 11) is -3.44. The third kappa shape index (κ3) is 6.40. The van der Waals surface area contributed by atoms with E-state index in [-0.39, 0.29) is 11.8 Å². The number of sulfonamides is 1. The molecule has 1 saturated heterocycles. The summed E-state index contributed by atoms with van der Waals surface area (Å²) in [6.07, 6.45) is 3.09. The minimum absolute atomic E-state index is 0.176. The van der Waals surface area contributed by atoms with Crippen molar-refractivity contribution < 1.29 is 18.0 Å². The van der Waals surface area contributed by atoms with Crippen LogP contribution in [0.3, 0.4) is 0 Å². The highest BCUT2D eigenvalue weighted by atomic mass is 35.5. The minimum atomic E-state index is -3.44. The van der Waals surface area contributed by atoms with Crippen LogP contribution in [0.5, 0.6) is 0 Å². The number of halogens is 1. The molecular formula is C29H30ClN5O4S. The molecule has 1 aliphatic heterocycles. The number of piperazine rings is 1. The van der Waals surface area contributed by atoms with Crippen LogP contribution >= 0.6 is 11.6 Å². The molecule has 0 bridgehead atoms. The first kappa shape index (κ1) is 27.5. The van der Waals surface area contributed by atoms with Crippen molar-refractivity contribution in [3.63, 3.8) is 0 Å². The topological polar surface area (TPSA) is 115 Å². The van der Waals surface area contributed by atoms with Crippen LogP contribution in [0, 0.1) is 0 Å². The Balaban J connectivity index is 1.33. The summed E-state index contributed by atoms with van der Waals surface area (Å²) in [5.74, 6) is -0.505. The van der Waals surface area contributed by atoms with Crippen molar-refractivity contribution in [3.05, 3.63) is 95.1 Å². The Bertz CT molecular complexity index is 1630. The lowest BCUT2D eigenvalue weighted by Gasteiger charge is -2.38. The van der Waals surface area contributed by atoms with E-state index in [1.165, 1.54) is 0 Å². The molecule has 208 valence electrons. The van der Waals surface area contributed by atoms with Crippen LogP contribution in [-0.2, 0) is 21.2 Å². The quantitative estimate of drug-likeness (QED) is 0.293. The number of anilines is 2. The molecule has 0 radical (unpaired) electrons. The van der Waals surface area contributed by atoms with Crippen molar-refractivity contribution in [1.29, 1.82) is 0 Å². The molecule has 1 fully saturated rings. The van der Waals surface area contributed by atoms with Gasteiger partial charge in [-0.05, 0) is 35.9 Å². The molecule has 3 aromatic carbocycles. The van der Waals surface area contributed by atoms with Crippen LogP contribution < -0.4 is 14.9 Å². The van der Waals surface area contributed by atoms with Crippen LogP contribution in [0.4, 0.5) is 11.4 Å². The molecule has 1 aliphatic rings. The highest BCUT2D eigenvalue weighted by Gasteiger charge is 2.30. The van der Waals surface area contributed by atoms with Gasteiger partial charge < -0.3 is 20.1 Å². The number of hydrogen-bond acceptors (Lipinski definition) is 5. The predicted octanol–water partition coefficient (Wildman–Crippen LogP) is 3.88. The number of para-hydroxylation sites is 3. The Labute approximate surface area is 238 Å². The van der Waals surface area contributed by atoms with Gasteiger partial charge >= 0.3 is 0 Å². The molecule has 2 amide bonds. The first-order valence-corrected chi connectivity index (χ1v) is 15.2. The third-order valence-electron chi connectivity index (χ3n) is 6.92. The van der Waals surface area contributed by atoms with E-state index in [1.54, 1.807) is 35.4 Å². The lowest BCUT2D eigenvalue weighted by molar-refractivity contribution is -0.133. The monoisotopic (exact) mass is 579 g/mol. The zero-order chi connectivity index (χ0) is 28.3. The van der Waals surface area contributed by atoms with Gasteiger partial charge in [0, 0.05) is 54.7 Å². The fourth-order valence-electron chi connectivity index (χ4n) is 4.98. The molecule has 5 rings (SSSR count). The Morgan fingerprint density at radius 2 is 1.62 bits per heavy atom. The molecule has 9 nitrogen and oxygen atoms in total. The largest absolute Gasteiger partial charge is 0.366 e. The molecule has 40 heavy (non-hydrogen) atoms. The molecule has 2 heterocycles. The van der Waals surface area contributed by atoms with E-state index in [0.717, 1.165) is 28.4 Å². The molecule has 0 unspecified atom stereocenters. The van der Waals surface area contributed by atoms with Crippen molar-refractivity contribution in [2.45, 2.75) is 12.5 Å². The van der Waals surface area contributed by atoms with E-state index in [4.69, 9.17) is 11.6 Å². The highest BCUT2D eigenvalue weighted by Crippen LogP contribution is 2.27.